The van der Waals surface area contributed by atoms with Crippen LogP contribution in [0.3, 0.4) is 0 Å². The zero-order valence-corrected chi connectivity index (χ0v) is 7.77. The van der Waals surface area contributed by atoms with E-state index in [2.05, 4.69) is 6.42 Å². The number of ether oxygens (including phenoxy) is 2. The van der Waals surface area contributed by atoms with Gasteiger partial charge in [0.15, 0.2) is 6.29 Å². The molecule has 4 heteroatoms. The Kier molecular flexibility index (Phi) is 7.65. The van der Waals surface area contributed by atoms with E-state index in [9.17, 15) is 0 Å². The van der Waals surface area contributed by atoms with Gasteiger partial charge < -0.3 is 19.7 Å². The molecule has 1 heterocycles. The summed E-state index contributed by atoms with van der Waals surface area (Å²) in [5, 5.41) is 16.2. The fourth-order valence-corrected chi connectivity index (χ4v) is 0.980. The van der Waals surface area contributed by atoms with Gasteiger partial charge in [-0.15, -0.1) is 6.42 Å². The normalized spacial score (nSPS) is 26.0. The molecule has 4 nitrogen and oxygen atoms in total. The molecule has 1 aliphatic rings. The van der Waals surface area contributed by atoms with Crippen LogP contribution in [-0.4, -0.2) is 42.9 Å². The molecule has 1 rings (SSSR count). The Bertz CT molecular complexity index is 142. The van der Waals surface area contributed by atoms with E-state index in [0.717, 1.165) is 12.8 Å². The highest BCUT2D eigenvalue weighted by molar-refractivity contribution is 4.81. The van der Waals surface area contributed by atoms with Crippen molar-refractivity contribution in [2.45, 2.75) is 25.2 Å². The number of aliphatic hydroxyl groups is 2. The van der Waals surface area contributed by atoms with Gasteiger partial charge in [0.2, 0.25) is 0 Å². The third-order valence-electron chi connectivity index (χ3n) is 1.63. The Morgan fingerprint density at radius 2 is 2.15 bits per heavy atom. The Morgan fingerprint density at radius 3 is 2.38 bits per heavy atom. The summed E-state index contributed by atoms with van der Waals surface area (Å²) in [6, 6.07) is 0. The minimum atomic E-state index is -0.153. The van der Waals surface area contributed by atoms with E-state index >= 15 is 0 Å². The van der Waals surface area contributed by atoms with Crippen LogP contribution in [0.25, 0.3) is 0 Å². The molecule has 13 heavy (non-hydrogen) atoms. The smallest absolute Gasteiger partial charge is 0.157 e. The van der Waals surface area contributed by atoms with Crippen LogP contribution in [0.2, 0.25) is 0 Å². The third-order valence-corrected chi connectivity index (χ3v) is 1.63. The summed E-state index contributed by atoms with van der Waals surface area (Å²) >= 11 is 0. The Morgan fingerprint density at radius 1 is 1.54 bits per heavy atom. The van der Waals surface area contributed by atoms with Crippen molar-refractivity contribution >= 4 is 0 Å². The molecule has 0 amide bonds. The van der Waals surface area contributed by atoms with Crippen molar-refractivity contribution in [3.63, 3.8) is 0 Å². The largest absolute Gasteiger partial charge is 0.394 e. The highest BCUT2D eigenvalue weighted by Gasteiger charge is 2.23. The summed E-state index contributed by atoms with van der Waals surface area (Å²) in [4.78, 5) is 0. The molecule has 1 fully saturated rings. The van der Waals surface area contributed by atoms with Crippen LogP contribution in [0.4, 0.5) is 0 Å². The molecule has 0 bridgehead atoms. The predicted octanol–water partition coefficient (Wildman–Crippen LogP) is -0.258. The van der Waals surface area contributed by atoms with Crippen LogP contribution >= 0.6 is 0 Å². The second-order valence-corrected chi connectivity index (χ2v) is 2.55. The molecule has 2 atom stereocenters. The van der Waals surface area contributed by atoms with Crippen LogP contribution < -0.4 is 0 Å². The van der Waals surface area contributed by atoms with E-state index in [0.29, 0.717) is 0 Å². The van der Waals surface area contributed by atoms with Gasteiger partial charge in [0, 0.05) is 13.5 Å². The quantitative estimate of drug-likeness (QED) is 0.586. The van der Waals surface area contributed by atoms with E-state index in [4.69, 9.17) is 19.7 Å². The number of rotatable bonds is 2. The molecule has 0 aromatic rings. The van der Waals surface area contributed by atoms with Crippen molar-refractivity contribution in [3.05, 3.63) is 0 Å². The SMILES string of the molecule is C#CCO.COC1CCC(CO)O1. The summed E-state index contributed by atoms with van der Waals surface area (Å²) < 4.78 is 10.1. The molecule has 0 saturated carbocycles. The van der Waals surface area contributed by atoms with Gasteiger partial charge in [-0.3, -0.25) is 0 Å². The topological polar surface area (TPSA) is 58.9 Å². The van der Waals surface area contributed by atoms with E-state index in [1.54, 1.807) is 7.11 Å². The number of aliphatic hydroxyl groups excluding tert-OH is 2. The van der Waals surface area contributed by atoms with E-state index in [1.165, 1.54) is 0 Å². The molecule has 1 saturated heterocycles. The van der Waals surface area contributed by atoms with Crippen molar-refractivity contribution in [2.75, 3.05) is 20.3 Å². The molecule has 1 aliphatic heterocycles. The zero-order chi connectivity index (χ0) is 10.1. The molecule has 0 aromatic heterocycles. The highest BCUT2D eigenvalue weighted by Crippen LogP contribution is 2.18. The maximum absolute atomic E-state index is 8.60. The number of hydrogen-bond acceptors (Lipinski definition) is 4. The van der Waals surface area contributed by atoms with E-state index in [-0.39, 0.29) is 25.6 Å². The standard InChI is InChI=1S/C6H12O3.C3H4O/c1-8-6-3-2-5(4-7)9-6;1-2-3-4/h5-7H,2-4H2,1H3;1,4H,3H2. The Labute approximate surface area is 78.5 Å². The van der Waals surface area contributed by atoms with Crippen molar-refractivity contribution < 1.29 is 19.7 Å². The van der Waals surface area contributed by atoms with Crippen molar-refractivity contribution in [2.24, 2.45) is 0 Å². The van der Waals surface area contributed by atoms with Crippen LogP contribution in [0, 0.1) is 12.3 Å². The molecule has 0 aromatic carbocycles. The average Bonchev–Trinajstić information content (AvgIpc) is 2.66. The predicted molar refractivity (Wildman–Crippen MR) is 47.9 cm³/mol. The van der Waals surface area contributed by atoms with Crippen molar-refractivity contribution in [1.82, 2.24) is 0 Å². The van der Waals surface area contributed by atoms with Crippen LogP contribution in [0.5, 0.6) is 0 Å². The lowest BCUT2D eigenvalue weighted by atomic mass is 10.2. The summed E-state index contributed by atoms with van der Waals surface area (Å²) in [6.07, 6.45) is 6.27. The van der Waals surface area contributed by atoms with Gasteiger partial charge in [0.25, 0.3) is 0 Å². The van der Waals surface area contributed by atoms with Gasteiger partial charge in [-0.2, -0.15) is 0 Å². The van der Waals surface area contributed by atoms with Gasteiger partial charge in [-0.25, -0.2) is 0 Å². The van der Waals surface area contributed by atoms with Crippen LogP contribution in [0.1, 0.15) is 12.8 Å². The van der Waals surface area contributed by atoms with Gasteiger partial charge >= 0.3 is 0 Å². The first-order valence-corrected chi connectivity index (χ1v) is 4.11. The van der Waals surface area contributed by atoms with Crippen LogP contribution in [0.15, 0.2) is 0 Å². The first kappa shape index (κ1) is 12.4. The zero-order valence-electron chi connectivity index (χ0n) is 7.77. The molecule has 0 spiro atoms. The maximum Gasteiger partial charge on any atom is 0.157 e. The molecular weight excluding hydrogens is 172 g/mol. The fourth-order valence-electron chi connectivity index (χ4n) is 0.980. The second-order valence-electron chi connectivity index (χ2n) is 2.55. The van der Waals surface area contributed by atoms with Gasteiger partial charge in [0.05, 0.1) is 12.7 Å². The lowest BCUT2D eigenvalue weighted by molar-refractivity contribution is -0.122. The monoisotopic (exact) mass is 188 g/mol. The van der Waals surface area contributed by atoms with Gasteiger partial charge in [-0.05, 0) is 6.42 Å². The molecule has 2 N–H and O–H groups in total. The van der Waals surface area contributed by atoms with Gasteiger partial charge in [0.1, 0.15) is 6.61 Å². The molecule has 0 radical (unpaired) electrons. The lowest BCUT2D eigenvalue weighted by Crippen LogP contribution is -2.15. The maximum atomic E-state index is 8.60. The van der Waals surface area contributed by atoms with Gasteiger partial charge in [-0.1, -0.05) is 5.92 Å². The number of methoxy groups -OCH3 is 1. The first-order chi connectivity index (χ1) is 6.28. The highest BCUT2D eigenvalue weighted by atomic mass is 16.7. The van der Waals surface area contributed by atoms with Crippen LogP contribution in [-0.2, 0) is 9.47 Å². The van der Waals surface area contributed by atoms with E-state index in [1.807, 2.05) is 5.92 Å². The summed E-state index contributed by atoms with van der Waals surface area (Å²) in [6.45, 7) is -0.0418. The minimum Gasteiger partial charge on any atom is -0.394 e. The Balaban J connectivity index is 0.000000310. The second kappa shape index (κ2) is 8.02. The molecular formula is C9H16O4. The summed E-state index contributed by atoms with van der Waals surface area (Å²) in [7, 11) is 1.62. The first-order valence-electron chi connectivity index (χ1n) is 4.11. The third kappa shape index (κ3) is 5.61. The molecule has 0 aliphatic carbocycles. The average molecular weight is 188 g/mol. The molecule has 2 unspecified atom stereocenters. The lowest BCUT2D eigenvalue weighted by Gasteiger charge is -2.08. The fraction of sp³-hybridized carbons (Fsp3) is 0.778. The van der Waals surface area contributed by atoms with Crippen molar-refractivity contribution in [1.29, 1.82) is 0 Å². The minimum absolute atomic E-state index is 0.00921. The number of hydrogen-bond donors (Lipinski definition) is 2. The molecule has 76 valence electrons. The number of terminal acetylenes is 1. The van der Waals surface area contributed by atoms with E-state index < -0.39 is 0 Å². The van der Waals surface area contributed by atoms with Crippen molar-refractivity contribution in [3.8, 4) is 12.3 Å². The summed E-state index contributed by atoms with van der Waals surface area (Å²) in [5.74, 6) is 1.99. The summed E-state index contributed by atoms with van der Waals surface area (Å²) in [5.41, 5.74) is 0. The Hall–Kier alpha value is -0.600.